The quantitative estimate of drug-likeness (QED) is 0.843. The zero-order chi connectivity index (χ0) is 17.8. The lowest BCUT2D eigenvalue weighted by atomic mass is 9.99. The third-order valence-electron chi connectivity index (χ3n) is 5.11. The number of rotatable bonds is 5. The summed E-state index contributed by atoms with van der Waals surface area (Å²) in [6.07, 6.45) is 2.27. The van der Waals surface area contributed by atoms with Crippen molar-refractivity contribution in [3.05, 3.63) is 65.2 Å². The average Bonchev–Trinajstić information content (AvgIpc) is 3.03. The largest absolute Gasteiger partial charge is 0.325 e. The van der Waals surface area contributed by atoms with E-state index in [1.165, 1.54) is 16.7 Å². The molecular formula is C22H28N2O. The predicted octanol–water partition coefficient (Wildman–Crippen LogP) is 4.89. The van der Waals surface area contributed by atoms with Gasteiger partial charge in [-0.3, -0.25) is 9.69 Å². The van der Waals surface area contributed by atoms with E-state index in [0.29, 0.717) is 18.5 Å². The molecule has 25 heavy (non-hydrogen) atoms. The molecule has 1 N–H and O–H groups in total. The fraction of sp³-hybridized carbons (Fsp3) is 0.409. The van der Waals surface area contributed by atoms with E-state index >= 15 is 0 Å². The zero-order valence-electron chi connectivity index (χ0n) is 15.5. The van der Waals surface area contributed by atoms with Crippen LogP contribution in [0, 0.1) is 6.92 Å². The molecule has 0 saturated carbocycles. The van der Waals surface area contributed by atoms with Crippen molar-refractivity contribution >= 4 is 11.6 Å². The summed E-state index contributed by atoms with van der Waals surface area (Å²) < 4.78 is 0. The van der Waals surface area contributed by atoms with Crippen LogP contribution in [0.2, 0.25) is 0 Å². The van der Waals surface area contributed by atoms with Gasteiger partial charge in [-0.25, -0.2) is 0 Å². The molecule has 0 bridgehead atoms. The highest BCUT2D eigenvalue weighted by atomic mass is 16.2. The number of aryl methyl sites for hydroxylation is 1. The van der Waals surface area contributed by atoms with Crippen LogP contribution in [-0.2, 0) is 4.79 Å². The summed E-state index contributed by atoms with van der Waals surface area (Å²) in [4.78, 5) is 15.0. The summed E-state index contributed by atoms with van der Waals surface area (Å²) in [5, 5.41) is 3.12. The van der Waals surface area contributed by atoms with Crippen LogP contribution in [0.3, 0.4) is 0 Å². The van der Waals surface area contributed by atoms with Crippen LogP contribution in [0.1, 0.15) is 55.3 Å². The highest BCUT2D eigenvalue weighted by Gasteiger charge is 2.28. The molecular weight excluding hydrogens is 308 g/mol. The second-order valence-corrected chi connectivity index (χ2v) is 7.28. The molecule has 0 aromatic heterocycles. The van der Waals surface area contributed by atoms with Gasteiger partial charge >= 0.3 is 0 Å². The summed E-state index contributed by atoms with van der Waals surface area (Å²) in [7, 11) is 0. The fourth-order valence-electron chi connectivity index (χ4n) is 3.82. The third kappa shape index (κ3) is 4.10. The van der Waals surface area contributed by atoms with Gasteiger partial charge in [-0.05, 0) is 55.0 Å². The first kappa shape index (κ1) is 17.7. The van der Waals surface area contributed by atoms with E-state index in [1.54, 1.807) is 0 Å². The maximum Gasteiger partial charge on any atom is 0.238 e. The Balaban J connectivity index is 1.70. The molecule has 0 aliphatic carbocycles. The maximum absolute atomic E-state index is 12.7. The number of hydrogen-bond acceptors (Lipinski definition) is 2. The number of anilines is 1. The molecule has 0 spiro atoms. The Morgan fingerprint density at radius 2 is 1.88 bits per heavy atom. The van der Waals surface area contributed by atoms with Crippen LogP contribution in [-0.4, -0.2) is 23.9 Å². The first-order valence-corrected chi connectivity index (χ1v) is 9.24. The monoisotopic (exact) mass is 336 g/mol. The predicted molar refractivity (Wildman–Crippen MR) is 104 cm³/mol. The number of benzene rings is 2. The van der Waals surface area contributed by atoms with Gasteiger partial charge in [0.1, 0.15) is 0 Å². The number of amides is 1. The lowest BCUT2D eigenvalue weighted by Gasteiger charge is -2.26. The number of carbonyl (C=O) groups excluding carboxylic acids is 1. The minimum atomic E-state index is 0.0774. The van der Waals surface area contributed by atoms with Crippen molar-refractivity contribution in [1.29, 1.82) is 0 Å². The minimum Gasteiger partial charge on any atom is -0.325 e. The molecule has 1 fully saturated rings. The second kappa shape index (κ2) is 7.83. The molecule has 2 aromatic rings. The van der Waals surface area contributed by atoms with Crippen molar-refractivity contribution in [3.63, 3.8) is 0 Å². The molecule has 3 rings (SSSR count). The van der Waals surface area contributed by atoms with Crippen LogP contribution in [0.25, 0.3) is 0 Å². The van der Waals surface area contributed by atoms with Crippen molar-refractivity contribution in [2.45, 2.75) is 45.6 Å². The molecule has 3 nitrogen and oxygen atoms in total. The molecule has 1 amide bonds. The highest BCUT2D eigenvalue weighted by Crippen LogP contribution is 2.33. The zero-order valence-corrected chi connectivity index (χ0v) is 15.5. The third-order valence-corrected chi connectivity index (χ3v) is 5.11. The summed E-state index contributed by atoms with van der Waals surface area (Å²) >= 11 is 0. The molecule has 1 aliphatic heterocycles. The Kier molecular flexibility index (Phi) is 5.54. The maximum atomic E-state index is 12.7. The van der Waals surface area contributed by atoms with Gasteiger partial charge in [-0.1, -0.05) is 56.3 Å². The minimum absolute atomic E-state index is 0.0774. The lowest BCUT2D eigenvalue weighted by molar-refractivity contribution is -0.117. The first-order chi connectivity index (χ1) is 12.1. The number of likely N-dealkylation sites (tertiary alicyclic amines) is 1. The van der Waals surface area contributed by atoms with Gasteiger partial charge in [0.15, 0.2) is 0 Å². The van der Waals surface area contributed by atoms with Gasteiger partial charge in [0, 0.05) is 11.7 Å². The van der Waals surface area contributed by atoms with Crippen molar-refractivity contribution in [1.82, 2.24) is 4.90 Å². The van der Waals surface area contributed by atoms with E-state index in [0.717, 1.165) is 25.1 Å². The normalized spacial score (nSPS) is 17.8. The Morgan fingerprint density at radius 1 is 1.16 bits per heavy atom. The van der Waals surface area contributed by atoms with E-state index in [1.807, 2.05) is 18.2 Å². The van der Waals surface area contributed by atoms with Gasteiger partial charge in [0.25, 0.3) is 0 Å². The summed E-state index contributed by atoms with van der Waals surface area (Å²) in [6.45, 7) is 7.90. The molecule has 1 saturated heterocycles. The van der Waals surface area contributed by atoms with Gasteiger partial charge in [-0.15, -0.1) is 0 Å². The van der Waals surface area contributed by atoms with E-state index in [2.05, 4.69) is 61.3 Å². The Bertz CT molecular complexity index is 738. The van der Waals surface area contributed by atoms with Crippen molar-refractivity contribution in [3.8, 4) is 0 Å². The number of para-hydroxylation sites is 1. The Hall–Kier alpha value is -2.13. The molecule has 3 heteroatoms. The molecule has 1 atom stereocenters. The highest BCUT2D eigenvalue weighted by molar-refractivity contribution is 5.93. The smallest absolute Gasteiger partial charge is 0.238 e. The van der Waals surface area contributed by atoms with E-state index in [4.69, 9.17) is 0 Å². The van der Waals surface area contributed by atoms with Crippen molar-refractivity contribution in [2.24, 2.45) is 0 Å². The molecule has 1 heterocycles. The summed E-state index contributed by atoms with van der Waals surface area (Å²) in [6, 6.07) is 17.0. The van der Waals surface area contributed by atoms with Gasteiger partial charge < -0.3 is 5.32 Å². The van der Waals surface area contributed by atoms with Crippen molar-refractivity contribution < 1.29 is 4.79 Å². The molecule has 132 valence electrons. The number of hydrogen-bond donors (Lipinski definition) is 1. The van der Waals surface area contributed by atoms with Crippen LogP contribution in [0.4, 0.5) is 5.69 Å². The number of nitrogens with zero attached hydrogens (tertiary/aromatic N) is 1. The first-order valence-electron chi connectivity index (χ1n) is 9.24. The van der Waals surface area contributed by atoms with Gasteiger partial charge in [0.2, 0.25) is 5.91 Å². The van der Waals surface area contributed by atoms with Crippen LogP contribution >= 0.6 is 0 Å². The van der Waals surface area contributed by atoms with E-state index in [-0.39, 0.29) is 5.91 Å². The van der Waals surface area contributed by atoms with E-state index < -0.39 is 0 Å². The molecule has 1 aliphatic rings. The molecule has 0 radical (unpaired) electrons. The summed E-state index contributed by atoms with van der Waals surface area (Å²) in [5.74, 6) is 0.469. The SMILES string of the molecule is Cc1ccccc1C1CCCN1CC(=O)Nc1ccccc1C(C)C. The summed E-state index contributed by atoms with van der Waals surface area (Å²) in [5.41, 5.74) is 4.79. The fourth-order valence-corrected chi connectivity index (χ4v) is 3.82. The Labute approximate surface area is 151 Å². The lowest BCUT2D eigenvalue weighted by Crippen LogP contribution is -2.33. The standard InChI is InChI=1S/C22H28N2O/c1-16(2)18-10-6-7-12-20(18)23-22(25)15-24-14-8-13-21(24)19-11-5-4-9-17(19)3/h4-7,9-12,16,21H,8,13-15H2,1-3H3,(H,23,25). The topological polar surface area (TPSA) is 32.3 Å². The number of carbonyl (C=O) groups is 1. The van der Waals surface area contributed by atoms with Gasteiger partial charge in [-0.2, -0.15) is 0 Å². The van der Waals surface area contributed by atoms with E-state index in [9.17, 15) is 4.79 Å². The van der Waals surface area contributed by atoms with Crippen LogP contribution < -0.4 is 5.32 Å². The Morgan fingerprint density at radius 3 is 2.64 bits per heavy atom. The van der Waals surface area contributed by atoms with Crippen molar-refractivity contribution in [2.75, 3.05) is 18.4 Å². The average molecular weight is 336 g/mol. The van der Waals surface area contributed by atoms with Gasteiger partial charge in [0.05, 0.1) is 6.54 Å². The molecule has 2 aromatic carbocycles. The van der Waals surface area contributed by atoms with Crippen LogP contribution in [0.15, 0.2) is 48.5 Å². The van der Waals surface area contributed by atoms with Crippen LogP contribution in [0.5, 0.6) is 0 Å². The molecule has 1 unspecified atom stereocenters. The number of nitrogens with one attached hydrogen (secondary N) is 1. The second-order valence-electron chi connectivity index (χ2n) is 7.28.